The van der Waals surface area contributed by atoms with Crippen LogP contribution in [-0.2, 0) is 0 Å². The van der Waals surface area contributed by atoms with Crippen molar-refractivity contribution < 1.29 is 4.79 Å². The van der Waals surface area contributed by atoms with Crippen molar-refractivity contribution >= 4 is 23.3 Å². The molecule has 1 heterocycles. The number of hydrogen-bond donors (Lipinski definition) is 1. The number of hydrogen-bond acceptors (Lipinski definition) is 2. The Morgan fingerprint density at radius 2 is 1.83 bits per heavy atom. The summed E-state index contributed by atoms with van der Waals surface area (Å²) in [6.07, 6.45) is 0. The maximum Gasteiger partial charge on any atom is 0.256 e. The van der Waals surface area contributed by atoms with Gasteiger partial charge in [-0.05, 0) is 44.2 Å². The van der Waals surface area contributed by atoms with E-state index in [1.807, 2.05) is 44.2 Å². The predicted molar refractivity (Wildman–Crippen MR) is 92.4 cm³/mol. The first-order valence-electron chi connectivity index (χ1n) is 7.23. The van der Waals surface area contributed by atoms with E-state index in [1.54, 1.807) is 28.9 Å². The first-order chi connectivity index (χ1) is 11.0. The average molecular weight is 326 g/mol. The number of nitrogens with zero attached hydrogens (tertiary/aromatic N) is 2. The molecule has 0 atom stereocenters. The van der Waals surface area contributed by atoms with Crippen molar-refractivity contribution in [3.8, 4) is 5.69 Å². The highest BCUT2D eigenvalue weighted by Crippen LogP contribution is 2.20. The van der Waals surface area contributed by atoms with Crippen molar-refractivity contribution in [3.63, 3.8) is 0 Å². The summed E-state index contributed by atoms with van der Waals surface area (Å²) in [7, 11) is 0. The van der Waals surface area contributed by atoms with Gasteiger partial charge in [0.25, 0.3) is 5.91 Å². The van der Waals surface area contributed by atoms with Gasteiger partial charge in [0.2, 0.25) is 0 Å². The Hall–Kier alpha value is -2.59. The van der Waals surface area contributed by atoms with E-state index in [4.69, 9.17) is 11.6 Å². The third-order valence-corrected chi connectivity index (χ3v) is 3.67. The molecule has 0 aliphatic rings. The number of benzene rings is 2. The lowest BCUT2D eigenvalue weighted by molar-refractivity contribution is 0.102. The molecular weight excluding hydrogens is 310 g/mol. The minimum Gasteiger partial charge on any atom is -0.306 e. The third-order valence-electron chi connectivity index (χ3n) is 3.44. The molecule has 3 rings (SSSR count). The normalized spacial score (nSPS) is 10.6. The summed E-state index contributed by atoms with van der Waals surface area (Å²) in [6.45, 7) is 3.86. The topological polar surface area (TPSA) is 46.9 Å². The third kappa shape index (κ3) is 3.43. The van der Waals surface area contributed by atoms with E-state index in [1.165, 1.54) is 0 Å². The number of carbonyl (C=O) groups is 1. The Bertz CT molecular complexity index is 853. The Kier molecular flexibility index (Phi) is 4.17. The molecule has 0 fully saturated rings. The van der Waals surface area contributed by atoms with Gasteiger partial charge in [0, 0.05) is 16.7 Å². The predicted octanol–water partition coefficient (Wildman–Crippen LogP) is 4.39. The second-order valence-corrected chi connectivity index (χ2v) is 5.82. The standard InChI is InChI=1S/C18H16ClN3O/c1-12-6-8-14(9-7-12)18(23)20-17-10-13(2)21-22(17)16-5-3-4-15(19)11-16/h3-11H,1-2H3,(H,20,23). The number of anilines is 1. The molecule has 5 heteroatoms. The number of amides is 1. The fourth-order valence-electron chi connectivity index (χ4n) is 2.29. The molecule has 4 nitrogen and oxygen atoms in total. The molecule has 0 saturated carbocycles. The molecule has 0 radical (unpaired) electrons. The Morgan fingerprint density at radius 1 is 1.09 bits per heavy atom. The van der Waals surface area contributed by atoms with Crippen LogP contribution in [0.5, 0.6) is 0 Å². The SMILES string of the molecule is Cc1ccc(C(=O)Nc2cc(C)nn2-c2cccc(Cl)c2)cc1. The molecule has 0 spiro atoms. The molecule has 1 amide bonds. The summed E-state index contributed by atoms with van der Waals surface area (Å²) in [5.74, 6) is 0.434. The van der Waals surface area contributed by atoms with E-state index in [2.05, 4.69) is 10.4 Å². The van der Waals surface area contributed by atoms with Crippen LogP contribution >= 0.6 is 11.6 Å². The van der Waals surface area contributed by atoms with Gasteiger partial charge in [-0.2, -0.15) is 5.10 Å². The van der Waals surface area contributed by atoms with E-state index in [0.29, 0.717) is 16.4 Å². The maximum absolute atomic E-state index is 12.4. The zero-order valence-corrected chi connectivity index (χ0v) is 13.6. The van der Waals surface area contributed by atoms with Gasteiger partial charge >= 0.3 is 0 Å². The second-order valence-electron chi connectivity index (χ2n) is 5.38. The molecule has 23 heavy (non-hydrogen) atoms. The van der Waals surface area contributed by atoms with Gasteiger partial charge in [-0.25, -0.2) is 4.68 Å². The van der Waals surface area contributed by atoms with Crippen LogP contribution in [0.2, 0.25) is 5.02 Å². The van der Waals surface area contributed by atoms with Crippen molar-refractivity contribution in [2.45, 2.75) is 13.8 Å². The fraction of sp³-hybridized carbons (Fsp3) is 0.111. The van der Waals surface area contributed by atoms with Crippen LogP contribution in [-0.4, -0.2) is 15.7 Å². The lowest BCUT2D eigenvalue weighted by Crippen LogP contribution is -2.15. The Labute approximate surface area is 139 Å². The molecule has 116 valence electrons. The van der Waals surface area contributed by atoms with Crippen LogP contribution < -0.4 is 5.32 Å². The van der Waals surface area contributed by atoms with E-state index in [9.17, 15) is 4.79 Å². The molecule has 1 aromatic heterocycles. The minimum absolute atomic E-state index is 0.173. The smallest absolute Gasteiger partial charge is 0.256 e. The summed E-state index contributed by atoms with van der Waals surface area (Å²) in [6, 6.07) is 16.6. The molecule has 1 N–H and O–H groups in total. The highest BCUT2D eigenvalue weighted by atomic mass is 35.5. The summed E-state index contributed by atoms with van der Waals surface area (Å²) >= 11 is 6.04. The van der Waals surface area contributed by atoms with E-state index in [-0.39, 0.29) is 5.91 Å². The Morgan fingerprint density at radius 3 is 2.52 bits per heavy atom. The van der Waals surface area contributed by atoms with Crippen LogP contribution in [0, 0.1) is 13.8 Å². The van der Waals surface area contributed by atoms with Crippen molar-refractivity contribution in [1.29, 1.82) is 0 Å². The van der Waals surface area contributed by atoms with Crippen LogP contribution in [0.25, 0.3) is 5.69 Å². The summed E-state index contributed by atoms with van der Waals surface area (Å²) in [5.41, 5.74) is 3.32. The first-order valence-corrected chi connectivity index (χ1v) is 7.61. The molecule has 0 unspecified atom stereocenters. The quantitative estimate of drug-likeness (QED) is 0.776. The second kappa shape index (κ2) is 6.26. The van der Waals surface area contributed by atoms with Crippen LogP contribution in [0.15, 0.2) is 54.6 Å². The van der Waals surface area contributed by atoms with E-state index < -0.39 is 0 Å². The fourth-order valence-corrected chi connectivity index (χ4v) is 2.47. The van der Waals surface area contributed by atoms with Gasteiger partial charge in [0.1, 0.15) is 5.82 Å². The lowest BCUT2D eigenvalue weighted by Gasteiger charge is -2.09. The molecule has 0 bridgehead atoms. The maximum atomic E-state index is 12.4. The van der Waals surface area contributed by atoms with Gasteiger partial charge < -0.3 is 5.32 Å². The van der Waals surface area contributed by atoms with E-state index in [0.717, 1.165) is 16.9 Å². The van der Waals surface area contributed by atoms with Gasteiger partial charge in [-0.1, -0.05) is 35.4 Å². The van der Waals surface area contributed by atoms with Crippen LogP contribution in [0.3, 0.4) is 0 Å². The largest absolute Gasteiger partial charge is 0.306 e. The minimum atomic E-state index is -0.173. The van der Waals surface area contributed by atoms with Gasteiger partial charge in [0.05, 0.1) is 11.4 Å². The zero-order valence-electron chi connectivity index (χ0n) is 12.9. The highest BCUT2D eigenvalue weighted by Gasteiger charge is 2.12. The molecule has 2 aromatic carbocycles. The monoisotopic (exact) mass is 325 g/mol. The van der Waals surface area contributed by atoms with Gasteiger partial charge in [0.15, 0.2) is 0 Å². The number of halogens is 1. The number of aryl methyl sites for hydroxylation is 2. The summed E-state index contributed by atoms with van der Waals surface area (Å²) in [5, 5.41) is 7.95. The highest BCUT2D eigenvalue weighted by molar-refractivity contribution is 6.30. The summed E-state index contributed by atoms with van der Waals surface area (Å²) < 4.78 is 1.67. The summed E-state index contributed by atoms with van der Waals surface area (Å²) in [4.78, 5) is 12.4. The average Bonchev–Trinajstić information content (AvgIpc) is 2.88. The molecule has 0 aliphatic heterocycles. The molecular formula is C18H16ClN3O. The molecule has 0 aliphatic carbocycles. The lowest BCUT2D eigenvalue weighted by atomic mass is 10.1. The number of aromatic nitrogens is 2. The first kappa shape index (κ1) is 15.3. The van der Waals surface area contributed by atoms with Gasteiger partial charge in [-0.3, -0.25) is 4.79 Å². The van der Waals surface area contributed by atoms with Crippen LogP contribution in [0.1, 0.15) is 21.6 Å². The molecule has 3 aromatic rings. The van der Waals surface area contributed by atoms with Crippen molar-refractivity contribution in [3.05, 3.63) is 76.4 Å². The number of rotatable bonds is 3. The van der Waals surface area contributed by atoms with E-state index >= 15 is 0 Å². The molecule has 0 saturated heterocycles. The Balaban J connectivity index is 1.91. The van der Waals surface area contributed by atoms with Crippen molar-refractivity contribution in [2.75, 3.05) is 5.32 Å². The number of carbonyl (C=O) groups excluding carboxylic acids is 1. The van der Waals surface area contributed by atoms with Crippen LogP contribution in [0.4, 0.5) is 5.82 Å². The zero-order chi connectivity index (χ0) is 16.4. The van der Waals surface area contributed by atoms with Gasteiger partial charge in [-0.15, -0.1) is 0 Å². The van der Waals surface area contributed by atoms with Crippen molar-refractivity contribution in [2.24, 2.45) is 0 Å². The number of nitrogens with one attached hydrogen (secondary N) is 1. The van der Waals surface area contributed by atoms with Crippen molar-refractivity contribution in [1.82, 2.24) is 9.78 Å².